The number of carbonyl (C=O) groups is 2. The molecule has 0 radical (unpaired) electrons. The van der Waals surface area contributed by atoms with Gasteiger partial charge in [-0.05, 0) is 75.3 Å². The highest BCUT2D eigenvalue weighted by molar-refractivity contribution is 5.74. The van der Waals surface area contributed by atoms with E-state index in [-0.39, 0.29) is 31.0 Å². The van der Waals surface area contributed by atoms with Crippen LogP contribution in [0.4, 0.5) is 14.0 Å². The summed E-state index contributed by atoms with van der Waals surface area (Å²) in [5.74, 6) is -0.0681. The molecule has 1 aliphatic carbocycles. The van der Waals surface area contributed by atoms with Crippen molar-refractivity contribution in [2.24, 2.45) is 11.8 Å². The number of nitrogens with zero attached hydrogens (tertiary/aromatic N) is 1. The molecule has 1 aromatic rings. The zero-order valence-corrected chi connectivity index (χ0v) is 22.4. The first kappa shape index (κ1) is 29.2. The maximum absolute atomic E-state index is 14.4. The first-order valence-corrected chi connectivity index (χ1v) is 13.9. The van der Waals surface area contributed by atoms with Crippen molar-refractivity contribution in [1.82, 2.24) is 20.9 Å². The Kier molecular flexibility index (Phi) is 11.0. The van der Waals surface area contributed by atoms with E-state index in [1.165, 1.54) is 44.2 Å². The van der Waals surface area contributed by atoms with Gasteiger partial charge in [-0.1, -0.05) is 38.2 Å². The number of likely N-dealkylation sites (tertiary alicyclic amines) is 1. The largest absolute Gasteiger partial charge is 0.465 e. The molecule has 1 aromatic carbocycles. The summed E-state index contributed by atoms with van der Waals surface area (Å²) in [4.78, 5) is 26.0. The summed E-state index contributed by atoms with van der Waals surface area (Å²) >= 11 is 0. The second-order valence-electron chi connectivity index (χ2n) is 11.0. The van der Waals surface area contributed by atoms with E-state index in [0.717, 1.165) is 12.8 Å². The lowest BCUT2D eigenvalue weighted by atomic mass is 9.74. The van der Waals surface area contributed by atoms with Crippen LogP contribution in [0.25, 0.3) is 0 Å². The van der Waals surface area contributed by atoms with Crippen molar-refractivity contribution in [1.29, 1.82) is 0 Å². The predicted octanol–water partition coefficient (Wildman–Crippen LogP) is 4.35. The third kappa shape index (κ3) is 8.57. The normalized spacial score (nSPS) is 21.2. The molecule has 3 amide bonds. The third-order valence-electron chi connectivity index (χ3n) is 8.06. The van der Waals surface area contributed by atoms with Crippen LogP contribution < -0.4 is 16.0 Å². The highest BCUT2D eigenvalue weighted by Crippen LogP contribution is 2.40. The maximum atomic E-state index is 14.4. The van der Waals surface area contributed by atoms with Crippen molar-refractivity contribution in [3.63, 3.8) is 0 Å². The Hall–Kier alpha value is -2.39. The summed E-state index contributed by atoms with van der Waals surface area (Å²) in [6, 6.07) is 4.51. The van der Waals surface area contributed by atoms with Gasteiger partial charge >= 0.3 is 12.1 Å². The molecule has 8 nitrogen and oxygen atoms in total. The van der Waals surface area contributed by atoms with Crippen LogP contribution in [0.2, 0.25) is 0 Å². The Balaban J connectivity index is 1.71. The van der Waals surface area contributed by atoms with Gasteiger partial charge in [-0.25, -0.2) is 14.0 Å². The van der Waals surface area contributed by atoms with Crippen LogP contribution in [-0.4, -0.2) is 66.5 Å². The fourth-order valence-corrected chi connectivity index (χ4v) is 6.21. The number of aryl methyl sites for hydroxylation is 1. The van der Waals surface area contributed by atoms with Crippen molar-refractivity contribution >= 4 is 12.1 Å². The number of piperidine rings is 1. The number of carboxylic acid groups (broad SMARTS) is 1. The lowest BCUT2D eigenvalue weighted by molar-refractivity contribution is -0.0554. The van der Waals surface area contributed by atoms with Gasteiger partial charge in [0.1, 0.15) is 5.82 Å². The second-order valence-corrected chi connectivity index (χ2v) is 11.0. The van der Waals surface area contributed by atoms with E-state index in [9.17, 15) is 19.1 Å². The fourth-order valence-electron chi connectivity index (χ4n) is 6.21. The van der Waals surface area contributed by atoms with Gasteiger partial charge in [-0.2, -0.15) is 0 Å². The molecule has 0 aromatic heterocycles. The molecule has 5 N–H and O–H groups in total. The first-order chi connectivity index (χ1) is 17.7. The number of amides is 3. The van der Waals surface area contributed by atoms with Crippen LogP contribution in [0, 0.1) is 24.6 Å². The highest BCUT2D eigenvalue weighted by atomic mass is 19.1. The van der Waals surface area contributed by atoms with Crippen molar-refractivity contribution in [3.05, 3.63) is 35.1 Å². The smallest absolute Gasteiger partial charge is 0.404 e. The molecule has 0 unspecified atom stereocenters. The SMILES string of the molecule is CNC[C@H](CC1CCCCC1)NC(=O)N1CCC[C@@H]([C@@](O)(CCCNC(=O)O)c2cc(C)cc(F)c2)C1. The molecule has 3 atom stereocenters. The van der Waals surface area contributed by atoms with E-state index in [1.807, 2.05) is 7.05 Å². The number of nitrogens with one attached hydrogen (secondary N) is 3. The molecule has 2 fully saturated rings. The van der Waals surface area contributed by atoms with Crippen LogP contribution in [0.5, 0.6) is 0 Å². The molecular weight excluding hydrogens is 475 g/mol. The average molecular weight is 521 g/mol. The Labute approximate surface area is 220 Å². The van der Waals surface area contributed by atoms with E-state index < -0.39 is 17.5 Å². The molecule has 3 rings (SSSR count). The minimum absolute atomic E-state index is 0.0489. The number of benzene rings is 1. The lowest BCUT2D eigenvalue weighted by Gasteiger charge is -2.43. The summed E-state index contributed by atoms with van der Waals surface area (Å²) in [6.45, 7) is 3.66. The molecule has 2 aliphatic rings. The molecule has 208 valence electrons. The summed E-state index contributed by atoms with van der Waals surface area (Å²) < 4.78 is 14.4. The minimum atomic E-state index is -1.38. The Morgan fingerprint density at radius 3 is 2.59 bits per heavy atom. The zero-order chi connectivity index (χ0) is 26.8. The van der Waals surface area contributed by atoms with Crippen molar-refractivity contribution in [2.75, 3.05) is 33.2 Å². The Bertz CT molecular complexity index is 875. The van der Waals surface area contributed by atoms with Gasteiger partial charge in [0.05, 0.1) is 5.60 Å². The van der Waals surface area contributed by atoms with Gasteiger partial charge in [0.2, 0.25) is 0 Å². The van der Waals surface area contributed by atoms with Crippen LogP contribution in [0.1, 0.15) is 75.3 Å². The second kappa shape index (κ2) is 14.0. The van der Waals surface area contributed by atoms with Gasteiger partial charge in [0.15, 0.2) is 0 Å². The number of halogens is 1. The van der Waals surface area contributed by atoms with Gasteiger partial charge < -0.3 is 31.1 Å². The van der Waals surface area contributed by atoms with E-state index in [0.29, 0.717) is 49.5 Å². The van der Waals surface area contributed by atoms with Crippen molar-refractivity contribution in [3.8, 4) is 0 Å². The number of hydrogen-bond acceptors (Lipinski definition) is 4. The standard InChI is InChI=1S/C28H45FN4O4/c1-20-14-23(17-24(29)15-20)28(37,11-7-12-31-27(35)36)22-10-6-13-33(19-22)26(34)32-25(18-30-2)16-21-8-4-3-5-9-21/h14-15,17,21-22,25,30-31,37H,3-13,16,18-19H2,1-2H3,(H,32,34)(H,35,36)/t22-,25+,28+/m1/s1. The summed E-state index contributed by atoms with van der Waals surface area (Å²) in [5.41, 5.74) is -0.184. The number of likely N-dealkylation sites (N-methyl/N-ethyl adjacent to an activating group) is 1. The zero-order valence-electron chi connectivity index (χ0n) is 22.4. The number of rotatable bonds is 11. The van der Waals surface area contributed by atoms with Crippen LogP contribution in [0.15, 0.2) is 18.2 Å². The number of hydrogen-bond donors (Lipinski definition) is 5. The third-order valence-corrected chi connectivity index (χ3v) is 8.06. The predicted molar refractivity (Wildman–Crippen MR) is 142 cm³/mol. The topological polar surface area (TPSA) is 114 Å². The van der Waals surface area contributed by atoms with Crippen LogP contribution in [0.3, 0.4) is 0 Å². The highest BCUT2D eigenvalue weighted by Gasteiger charge is 2.41. The number of carbonyl (C=O) groups excluding carboxylic acids is 1. The average Bonchev–Trinajstić information content (AvgIpc) is 2.86. The van der Waals surface area contributed by atoms with E-state index in [4.69, 9.17) is 5.11 Å². The van der Waals surface area contributed by atoms with Gasteiger partial charge in [-0.3, -0.25) is 0 Å². The Morgan fingerprint density at radius 1 is 1.16 bits per heavy atom. The van der Waals surface area contributed by atoms with Crippen molar-refractivity contribution in [2.45, 2.75) is 82.8 Å². The summed E-state index contributed by atoms with van der Waals surface area (Å²) in [5, 5.41) is 29.7. The van der Waals surface area contributed by atoms with Crippen LogP contribution in [-0.2, 0) is 5.60 Å². The minimum Gasteiger partial charge on any atom is -0.465 e. The molecule has 0 spiro atoms. The number of urea groups is 1. The van der Waals surface area contributed by atoms with Crippen LogP contribution >= 0.6 is 0 Å². The Morgan fingerprint density at radius 2 is 1.92 bits per heavy atom. The molecule has 37 heavy (non-hydrogen) atoms. The van der Waals surface area contributed by atoms with E-state index in [2.05, 4.69) is 16.0 Å². The number of aliphatic hydroxyl groups is 1. The molecule has 1 heterocycles. The van der Waals surface area contributed by atoms with Gasteiger partial charge in [-0.15, -0.1) is 0 Å². The fraction of sp³-hybridized carbons (Fsp3) is 0.714. The first-order valence-electron chi connectivity index (χ1n) is 13.9. The monoisotopic (exact) mass is 520 g/mol. The summed E-state index contributed by atoms with van der Waals surface area (Å²) in [6.07, 6.45) is 8.21. The summed E-state index contributed by atoms with van der Waals surface area (Å²) in [7, 11) is 1.90. The van der Waals surface area contributed by atoms with Crippen molar-refractivity contribution < 1.29 is 24.2 Å². The quantitative estimate of drug-likeness (QED) is 0.279. The molecule has 1 aliphatic heterocycles. The van der Waals surface area contributed by atoms with Gasteiger partial charge in [0, 0.05) is 38.1 Å². The molecule has 9 heteroatoms. The molecule has 1 saturated heterocycles. The van der Waals surface area contributed by atoms with E-state index >= 15 is 0 Å². The lowest BCUT2D eigenvalue weighted by Crippen LogP contribution is -2.54. The molecule has 1 saturated carbocycles. The van der Waals surface area contributed by atoms with E-state index in [1.54, 1.807) is 17.9 Å². The molecular formula is C28H45FN4O4. The van der Waals surface area contributed by atoms with Gasteiger partial charge in [0.25, 0.3) is 0 Å². The molecule has 0 bridgehead atoms. The maximum Gasteiger partial charge on any atom is 0.404 e.